The first kappa shape index (κ1) is 11.3. The largest absolute Gasteiger partial charge is 0.409 e. The summed E-state index contributed by atoms with van der Waals surface area (Å²) in [5.74, 6) is 0.300. The second-order valence-corrected chi connectivity index (χ2v) is 4.54. The predicted molar refractivity (Wildman–Crippen MR) is 57.5 cm³/mol. The Kier molecular flexibility index (Phi) is 4.20. The van der Waals surface area contributed by atoms with Crippen molar-refractivity contribution in [2.75, 3.05) is 13.1 Å². The lowest BCUT2D eigenvalue weighted by Gasteiger charge is -2.23. The molecule has 14 heavy (non-hydrogen) atoms. The summed E-state index contributed by atoms with van der Waals surface area (Å²) in [6, 6.07) is 0. The lowest BCUT2D eigenvalue weighted by atomic mass is 9.89. The second-order valence-electron chi connectivity index (χ2n) is 4.54. The molecule has 0 saturated heterocycles. The summed E-state index contributed by atoms with van der Waals surface area (Å²) in [4.78, 5) is 0. The van der Waals surface area contributed by atoms with E-state index in [-0.39, 0.29) is 0 Å². The van der Waals surface area contributed by atoms with Crippen molar-refractivity contribution in [3.8, 4) is 0 Å². The maximum absolute atomic E-state index is 8.33. The first-order valence-electron chi connectivity index (χ1n) is 5.33. The normalized spacial score (nSPS) is 21.4. The van der Waals surface area contributed by atoms with E-state index in [9.17, 15) is 0 Å². The SMILES string of the molecule is CC1(CNCCC(N)=NO)CCCC1. The molecule has 0 amide bonds. The quantitative estimate of drug-likeness (QED) is 0.205. The molecule has 1 rings (SSSR count). The van der Waals surface area contributed by atoms with Crippen molar-refractivity contribution in [2.24, 2.45) is 16.3 Å². The van der Waals surface area contributed by atoms with Gasteiger partial charge in [0, 0.05) is 19.5 Å². The Morgan fingerprint density at radius 2 is 2.14 bits per heavy atom. The van der Waals surface area contributed by atoms with Crippen molar-refractivity contribution in [1.82, 2.24) is 5.32 Å². The van der Waals surface area contributed by atoms with Gasteiger partial charge in [0.15, 0.2) is 0 Å². The molecule has 1 aliphatic carbocycles. The zero-order valence-electron chi connectivity index (χ0n) is 8.92. The number of amidine groups is 1. The van der Waals surface area contributed by atoms with E-state index in [0.29, 0.717) is 17.7 Å². The molecule has 0 heterocycles. The van der Waals surface area contributed by atoms with Gasteiger partial charge in [-0.1, -0.05) is 24.9 Å². The summed E-state index contributed by atoms with van der Waals surface area (Å²) < 4.78 is 0. The number of hydrogen-bond donors (Lipinski definition) is 3. The van der Waals surface area contributed by atoms with Crippen molar-refractivity contribution in [1.29, 1.82) is 0 Å². The minimum absolute atomic E-state index is 0.300. The molecule has 1 fully saturated rings. The highest BCUT2D eigenvalue weighted by Gasteiger charge is 2.27. The monoisotopic (exact) mass is 199 g/mol. The minimum atomic E-state index is 0.300. The van der Waals surface area contributed by atoms with Gasteiger partial charge in [-0.15, -0.1) is 0 Å². The van der Waals surface area contributed by atoms with Gasteiger partial charge in [0.1, 0.15) is 5.84 Å². The Balaban J connectivity index is 2.09. The molecule has 0 radical (unpaired) electrons. The van der Waals surface area contributed by atoms with Crippen LogP contribution in [-0.4, -0.2) is 24.1 Å². The van der Waals surface area contributed by atoms with E-state index >= 15 is 0 Å². The van der Waals surface area contributed by atoms with Crippen LogP contribution in [0.25, 0.3) is 0 Å². The van der Waals surface area contributed by atoms with Gasteiger partial charge in [-0.05, 0) is 18.3 Å². The van der Waals surface area contributed by atoms with Gasteiger partial charge in [-0.2, -0.15) is 0 Å². The lowest BCUT2D eigenvalue weighted by Crippen LogP contribution is -2.31. The maximum atomic E-state index is 8.33. The van der Waals surface area contributed by atoms with Crippen molar-refractivity contribution in [3.05, 3.63) is 0 Å². The van der Waals surface area contributed by atoms with E-state index in [2.05, 4.69) is 17.4 Å². The molecular formula is C10H21N3O. The van der Waals surface area contributed by atoms with E-state index in [1.165, 1.54) is 25.7 Å². The smallest absolute Gasteiger partial charge is 0.140 e. The lowest BCUT2D eigenvalue weighted by molar-refractivity contribution is 0.311. The molecule has 0 unspecified atom stereocenters. The molecule has 0 aromatic heterocycles. The minimum Gasteiger partial charge on any atom is -0.409 e. The molecule has 82 valence electrons. The standard InChI is InChI=1S/C10H21N3O/c1-10(5-2-3-6-10)8-12-7-4-9(11)13-14/h12,14H,2-8H2,1H3,(H2,11,13). The van der Waals surface area contributed by atoms with Crippen LogP contribution in [0.1, 0.15) is 39.0 Å². The number of rotatable bonds is 5. The summed E-state index contributed by atoms with van der Waals surface area (Å²) in [6.45, 7) is 4.17. The highest BCUT2D eigenvalue weighted by atomic mass is 16.4. The Bertz CT molecular complexity index is 198. The zero-order valence-corrected chi connectivity index (χ0v) is 8.92. The van der Waals surface area contributed by atoms with E-state index in [4.69, 9.17) is 10.9 Å². The third-order valence-electron chi connectivity index (χ3n) is 3.05. The number of hydrogen-bond acceptors (Lipinski definition) is 3. The molecule has 1 aliphatic rings. The Hall–Kier alpha value is -0.770. The Labute approximate surface area is 85.6 Å². The summed E-state index contributed by atoms with van der Waals surface area (Å²) in [7, 11) is 0. The molecule has 1 saturated carbocycles. The fourth-order valence-corrected chi connectivity index (χ4v) is 2.06. The van der Waals surface area contributed by atoms with Crippen molar-refractivity contribution < 1.29 is 5.21 Å². The molecule has 4 heteroatoms. The van der Waals surface area contributed by atoms with Gasteiger partial charge in [0.2, 0.25) is 0 Å². The highest BCUT2D eigenvalue weighted by Crippen LogP contribution is 2.36. The number of nitrogens with two attached hydrogens (primary N) is 1. The highest BCUT2D eigenvalue weighted by molar-refractivity contribution is 5.79. The van der Waals surface area contributed by atoms with E-state index < -0.39 is 0 Å². The molecule has 4 nitrogen and oxygen atoms in total. The average molecular weight is 199 g/mol. The molecule has 0 aliphatic heterocycles. The first-order chi connectivity index (χ1) is 6.66. The second kappa shape index (κ2) is 5.20. The van der Waals surface area contributed by atoms with Crippen molar-refractivity contribution in [3.63, 3.8) is 0 Å². The van der Waals surface area contributed by atoms with Crippen molar-refractivity contribution >= 4 is 5.84 Å². The topological polar surface area (TPSA) is 70.6 Å². The summed E-state index contributed by atoms with van der Waals surface area (Å²) in [5.41, 5.74) is 5.84. The van der Waals surface area contributed by atoms with Crippen LogP contribution in [-0.2, 0) is 0 Å². The predicted octanol–water partition coefficient (Wildman–Crippen LogP) is 1.29. The van der Waals surface area contributed by atoms with Gasteiger partial charge in [0.05, 0.1) is 0 Å². The van der Waals surface area contributed by atoms with Gasteiger partial charge >= 0.3 is 0 Å². The van der Waals surface area contributed by atoms with Gasteiger partial charge in [0.25, 0.3) is 0 Å². The number of nitrogens with zero attached hydrogens (tertiary/aromatic N) is 1. The Morgan fingerprint density at radius 1 is 1.50 bits per heavy atom. The molecule has 0 bridgehead atoms. The van der Waals surface area contributed by atoms with Crippen LogP contribution in [0.15, 0.2) is 5.16 Å². The van der Waals surface area contributed by atoms with Crippen LogP contribution < -0.4 is 11.1 Å². The van der Waals surface area contributed by atoms with Crippen LogP contribution in [0, 0.1) is 5.41 Å². The van der Waals surface area contributed by atoms with Crippen LogP contribution in [0.2, 0.25) is 0 Å². The van der Waals surface area contributed by atoms with Crippen LogP contribution in [0.4, 0.5) is 0 Å². The molecule has 0 atom stereocenters. The van der Waals surface area contributed by atoms with Gasteiger partial charge in [-0.3, -0.25) is 0 Å². The van der Waals surface area contributed by atoms with E-state index in [1.54, 1.807) is 0 Å². The third kappa shape index (κ3) is 3.54. The van der Waals surface area contributed by atoms with Gasteiger partial charge < -0.3 is 16.3 Å². The average Bonchev–Trinajstić information content (AvgIpc) is 2.60. The summed E-state index contributed by atoms with van der Waals surface area (Å²) in [6.07, 6.45) is 5.98. The molecule has 0 spiro atoms. The molecular weight excluding hydrogens is 178 g/mol. The van der Waals surface area contributed by atoms with Crippen LogP contribution >= 0.6 is 0 Å². The first-order valence-corrected chi connectivity index (χ1v) is 5.33. The Morgan fingerprint density at radius 3 is 2.71 bits per heavy atom. The fraction of sp³-hybridized carbons (Fsp3) is 0.900. The number of nitrogens with one attached hydrogen (secondary N) is 1. The van der Waals surface area contributed by atoms with Gasteiger partial charge in [-0.25, -0.2) is 0 Å². The zero-order chi connectivity index (χ0) is 10.4. The number of oxime groups is 1. The molecule has 4 N–H and O–H groups in total. The van der Waals surface area contributed by atoms with E-state index in [1.807, 2.05) is 0 Å². The van der Waals surface area contributed by atoms with Crippen LogP contribution in [0.3, 0.4) is 0 Å². The van der Waals surface area contributed by atoms with Crippen molar-refractivity contribution in [2.45, 2.75) is 39.0 Å². The molecule has 0 aromatic carbocycles. The maximum Gasteiger partial charge on any atom is 0.140 e. The summed E-state index contributed by atoms with van der Waals surface area (Å²) in [5, 5.41) is 14.6. The fourth-order valence-electron chi connectivity index (χ4n) is 2.06. The third-order valence-corrected chi connectivity index (χ3v) is 3.05. The summed E-state index contributed by atoms with van der Waals surface area (Å²) >= 11 is 0. The molecule has 0 aromatic rings. The van der Waals surface area contributed by atoms with Crippen LogP contribution in [0.5, 0.6) is 0 Å². The van der Waals surface area contributed by atoms with E-state index in [0.717, 1.165) is 13.1 Å².